The van der Waals surface area contributed by atoms with E-state index in [4.69, 9.17) is 0 Å². The van der Waals surface area contributed by atoms with Crippen LogP contribution < -0.4 is 5.32 Å². The van der Waals surface area contributed by atoms with Crippen LogP contribution in [0.25, 0.3) is 11.3 Å². The quantitative estimate of drug-likeness (QED) is 0.227. The molecule has 3 aromatic rings. The van der Waals surface area contributed by atoms with Crippen LogP contribution in [-0.2, 0) is 15.0 Å². The molecule has 1 aromatic carbocycles. The minimum absolute atomic E-state index is 0.0313. The molecular formula is C32H38N4O4. The van der Waals surface area contributed by atoms with Crippen molar-refractivity contribution in [3.05, 3.63) is 71.9 Å². The summed E-state index contributed by atoms with van der Waals surface area (Å²) in [5.41, 5.74) is 2.69. The molecule has 2 aliphatic rings. The van der Waals surface area contributed by atoms with E-state index in [-0.39, 0.29) is 40.5 Å². The summed E-state index contributed by atoms with van der Waals surface area (Å²) in [5.74, 6) is 0.270. The molecular weight excluding hydrogens is 504 g/mol. The van der Waals surface area contributed by atoms with Gasteiger partial charge < -0.3 is 15.4 Å². The number of hydrogen-bond acceptors (Lipinski definition) is 5. The van der Waals surface area contributed by atoms with Crippen LogP contribution in [0.3, 0.4) is 0 Å². The van der Waals surface area contributed by atoms with Crippen molar-refractivity contribution in [3.63, 3.8) is 0 Å². The van der Waals surface area contributed by atoms with Crippen LogP contribution in [0.4, 0.5) is 0 Å². The lowest BCUT2D eigenvalue weighted by molar-refractivity contribution is -0.127. The molecule has 2 aliphatic carbocycles. The summed E-state index contributed by atoms with van der Waals surface area (Å²) in [7, 11) is 0. The Labute approximate surface area is 235 Å². The molecule has 2 saturated carbocycles. The minimum atomic E-state index is -0.946. The molecule has 4 atom stereocenters. The Balaban J connectivity index is 1.24. The van der Waals surface area contributed by atoms with Crippen molar-refractivity contribution in [3.8, 4) is 11.3 Å². The summed E-state index contributed by atoms with van der Waals surface area (Å²) in [4.78, 5) is 49.6. The van der Waals surface area contributed by atoms with Gasteiger partial charge in [-0.15, -0.1) is 0 Å². The van der Waals surface area contributed by atoms with Gasteiger partial charge in [0.15, 0.2) is 0 Å². The van der Waals surface area contributed by atoms with E-state index in [1.54, 1.807) is 18.3 Å². The van der Waals surface area contributed by atoms with Gasteiger partial charge in [-0.1, -0.05) is 50.1 Å². The number of amides is 1. The lowest BCUT2D eigenvalue weighted by Crippen LogP contribution is -2.37. The van der Waals surface area contributed by atoms with E-state index in [1.807, 2.05) is 43.5 Å². The standard InChI is InChI=1S/C32H38N4O4/c1-2-24(37)12-7-4-8-14-26(29-34-20-27(35-29)21-10-5-3-6-11-21)36-30(38)22-15-16-32(19-23(32)18-22)28-25(31(39)40)13-9-17-33-28/h3,5-6,9-11,13,17,20,22-23,26H,2,4,7-8,12,14-16,18-19H2,1H3,(H,34,35)(H,36,38)(H,39,40)/t22-,23?,26+,32-/m1/s1. The fourth-order valence-corrected chi connectivity index (χ4v) is 6.38. The number of aromatic amines is 1. The van der Waals surface area contributed by atoms with E-state index in [0.717, 1.165) is 62.0 Å². The van der Waals surface area contributed by atoms with Crippen LogP contribution in [0, 0.1) is 11.8 Å². The first-order chi connectivity index (χ1) is 19.4. The summed E-state index contributed by atoms with van der Waals surface area (Å²) in [6.45, 7) is 1.90. The first kappa shape index (κ1) is 27.7. The predicted molar refractivity (Wildman–Crippen MR) is 152 cm³/mol. The summed E-state index contributed by atoms with van der Waals surface area (Å²) in [6, 6.07) is 13.0. The third-order valence-corrected chi connectivity index (χ3v) is 8.79. The van der Waals surface area contributed by atoms with Gasteiger partial charge in [-0.25, -0.2) is 9.78 Å². The number of nitrogens with one attached hydrogen (secondary N) is 2. The number of carbonyl (C=O) groups excluding carboxylic acids is 2. The second-order valence-corrected chi connectivity index (χ2v) is 11.3. The topological polar surface area (TPSA) is 125 Å². The molecule has 8 heteroatoms. The predicted octanol–water partition coefficient (Wildman–Crippen LogP) is 6.01. The van der Waals surface area contributed by atoms with Crippen LogP contribution in [0.15, 0.2) is 54.9 Å². The maximum atomic E-state index is 13.5. The number of carboxylic acids is 1. The van der Waals surface area contributed by atoms with Crippen LogP contribution in [0.5, 0.6) is 0 Å². The minimum Gasteiger partial charge on any atom is -0.478 e. The number of Topliss-reactive ketones (excluding diaryl/α,β-unsaturated/α-hetero) is 1. The number of aromatic carboxylic acids is 1. The van der Waals surface area contributed by atoms with Crippen molar-refractivity contribution in [1.29, 1.82) is 0 Å². The smallest absolute Gasteiger partial charge is 0.337 e. The molecule has 2 aromatic heterocycles. The highest BCUT2D eigenvalue weighted by atomic mass is 16.4. The third-order valence-electron chi connectivity index (χ3n) is 8.79. The zero-order chi connectivity index (χ0) is 28.1. The maximum Gasteiger partial charge on any atom is 0.337 e. The van der Waals surface area contributed by atoms with Gasteiger partial charge in [0.05, 0.1) is 29.2 Å². The Hall–Kier alpha value is -3.81. The van der Waals surface area contributed by atoms with Crippen molar-refractivity contribution < 1.29 is 19.5 Å². The summed E-state index contributed by atoms with van der Waals surface area (Å²) in [6.07, 6.45) is 11.2. The van der Waals surface area contributed by atoms with Crippen LogP contribution in [0.2, 0.25) is 0 Å². The number of nitrogens with zero attached hydrogens (tertiary/aromatic N) is 2. The summed E-state index contributed by atoms with van der Waals surface area (Å²) >= 11 is 0. The van der Waals surface area contributed by atoms with Crippen LogP contribution >= 0.6 is 0 Å². The number of fused-ring (bicyclic) bond motifs is 1. The first-order valence-electron chi connectivity index (χ1n) is 14.5. The van der Waals surface area contributed by atoms with E-state index in [0.29, 0.717) is 25.0 Å². The molecule has 0 spiro atoms. The Morgan fingerprint density at radius 1 is 1.10 bits per heavy atom. The first-order valence-corrected chi connectivity index (χ1v) is 14.5. The monoisotopic (exact) mass is 542 g/mol. The normalized spacial score (nSPS) is 22.2. The van der Waals surface area contributed by atoms with Gasteiger partial charge in [0.2, 0.25) is 5.91 Å². The average molecular weight is 543 g/mol. The van der Waals surface area contributed by atoms with Crippen molar-refractivity contribution in [1.82, 2.24) is 20.3 Å². The fourth-order valence-electron chi connectivity index (χ4n) is 6.38. The van der Waals surface area contributed by atoms with E-state index in [1.165, 1.54) is 0 Å². The van der Waals surface area contributed by atoms with Crippen molar-refractivity contribution in [2.24, 2.45) is 11.8 Å². The Kier molecular flexibility index (Phi) is 8.43. The lowest BCUT2D eigenvalue weighted by Gasteiger charge is -2.29. The number of carbonyl (C=O) groups is 3. The molecule has 3 N–H and O–H groups in total. The van der Waals surface area contributed by atoms with E-state index < -0.39 is 5.97 Å². The largest absolute Gasteiger partial charge is 0.478 e. The van der Waals surface area contributed by atoms with Gasteiger partial charge in [-0.3, -0.25) is 14.6 Å². The Morgan fingerprint density at radius 3 is 2.67 bits per heavy atom. The fraction of sp³-hybridized carbons (Fsp3) is 0.469. The summed E-state index contributed by atoms with van der Waals surface area (Å²) < 4.78 is 0. The number of carboxylic acid groups (broad SMARTS) is 1. The SMILES string of the molecule is CCC(=O)CCCCC[C@H](NC(=O)[C@@H]1CC[C@@]2(c3ncccc3C(=O)O)CC2C1)c1ncc(-c2ccccc2)[nH]1. The van der Waals surface area contributed by atoms with Gasteiger partial charge >= 0.3 is 5.97 Å². The van der Waals surface area contributed by atoms with E-state index in [2.05, 4.69) is 20.3 Å². The summed E-state index contributed by atoms with van der Waals surface area (Å²) in [5, 5.41) is 13.0. The molecule has 2 heterocycles. The highest BCUT2D eigenvalue weighted by molar-refractivity contribution is 5.89. The van der Waals surface area contributed by atoms with Crippen LogP contribution in [-0.4, -0.2) is 37.7 Å². The Morgan fingerprint density at radius 2 is 1.93 bits per heavy atom. The van der Waals surface area contributed by atoms with Crippen molar-refractivity contribution in [2.45, 2.75) is 82.6 Å². The zero-order valence-electron chi connectivity index (χ0n) is 23.1. The highest BCUT2D eigenvalue weighted by Gasteiger charge is 2.60. The maximum absolute atomic E-state index is 13.5. The van der Waals surface area contributed by atoms with Gasteiger partial charge in [0, 0.05) is 30.4 Å². The number of aromatic nitrogens is 3. The Bertz CT molecular complexity index is 1350. The molecule has 0 saturated heterocycles. The molecule has 0 bridgehead atoms. The highest BCUT2D eigenvalue weighted by Crippen LogP contribution is 2.63. The van der Waals surface area contributed by atoms with Crippen molar-refractivity contribution in [2.75, 3.05) is 0 Å². The molecule has 8 nitrogen and oxygen atoms in total. The molecule has 0 aliphatic heterocycles. The number of rotatable bonds is 13. The van der Waals surface area contributed by atoms with E-state index in [9.17, 15) is 19.5 Å². The number of ketones is 1. The molecule has 1 unspecified atom stereocenters. The number of H-pyrrole nitrogens is 1. The number of hydrogen-bond donors (Lipinski definition) is 3. The van der Waals surface area contributed by atoms with Gasteiger partial charge in [0.1, 0.15) is 11.6 Å². The molecule has 2 fully saturated rings. The molecule has 1 amide bonds. The molecule has 0 radical (unpaired) electrons. The van der Waals surface area contributed by atoms with Gasteiger partial charge in [-0.2, -0.15) is 0 Å². The second kappa shape index (κ2) is 12.1. The molecule has 210 valence electrons. The molecule has 40 heavy (non-hydrogen) atoms. The van der Waals surface area contributed by atoms with Gasteiger partial charge in [0.25, 0.3) is 0 Å². The average Bonchev–Trinajstić information content (AvgIpc) is 3.52. The van der Waals surface area contributed by atoms with E-state index >= 15 is 0 Å². The van der Waals surface area contributed by atoms with Crippen LogP contribution in [0.1, 0.15) is 99.1 Å². The molecule has 5 rings (SSSR count). The zero-order valence-corrected chi connectivity index (χ0v) is 23.1. The number of unbranched alkanes of at least 4 members (excludes halogenated alkanes) is 2. The third kappa shape index (κ3) is 6.01. The number of pyridine rings is 1. The second-order valence-electron chi connectivity index (χ2n) is 11.3. The number of benzene rings is 1. The van der Waals surface area contributed by atoms with Crippen molar-refractivity contribution >= 4 is 17.7 Å². The lowest BCUT2D eigenvalue weighted by atomic mass is 9.78. The van der Waals surface area contributed by atoms with Gasteiger partial charge in [-0.05, 0) is 62.1 Å². The number of imidazole rings is 1.